The molecule has 3 aromatic rings. The highest BCUT2D eigenvalue weighted by molar-refractivity contribution is 5.75. The number of nitrogens with zero attached hydrogens (tertiary/aromatic N) is 4. The van der Waals surface area contributed by atoms with Gasteiger partial charge in [-0.15, -0.1) is 0 Å². The molecule has 6 heteroatoms. The van der Waals surface area contributed by atoms with Crippen molar-refractivity contribution in [1.82, 2.24) is 25.0 Å². The number of aromatic nitrogens is 3. The number of nitrogens with one attached hydrogen (secondary N) is 1. The molecule has 6 nitrogen and oxygen atoms in total. The van der Waals surface area contributed by atoms with E-state index in [0.717, 1.165) is 25.1 Å². The molecule has 1 atom stereocenters. The first-order valence-electron chi connectivity index (χ1n) is 8.86. The van der Waals surface area contributed by atoms with Gasteiger partial charge in [0.2, 0.25) is 0 Å². The van der Waals surface area contributed by atoms with Gasteiger partial charge in [-0.3, -0.25) is 0 Å². The van der Waals surface area contributed by atoms with E-state index in [2.05, 4.69) is 27.5 Å². The van der Waals surface area contributed by atoms with Gasteiger partial charge in [-0.1, -0.05) is 48.5 Å². The maximum absolute atomic E-state index is 12.7. The third kappa shape index (κ3) is 3.31. The Labute approximate surface area is 152 Å². The summed E-state index contributed by atoms with van der Waals surface area (Å²) in [6.45, 7) is 1.11. The summed E-state index contributed by atoms with van der Waals surface area (Å²) < 4.78 is 1.75. The molecule has 1 aliphatic rings. The number of hydrogen-bond donors (Lipinski definition) is 1. The van der Waals surface area contributed by atoms with Gasteiger partial charge in [-0.2, -0.15) is 5.10 Å². The lowest BCUT2D eigenvalue weighted by Crippen LogP contribution is -2.39. The van der Waals surface area contributed by atoms with Crippen LogP contribution in [0.25, 0.3) is 5.69 Å². The minimum Gasteiger partial charge on any atom is -0.331 e. The molecule has 0 bridgehead atoms. The number of carbonyl (C=O) groups excluding carboxylic acids is 1. The van der Waals surface area contributed by atoms with Gasteiger partial charge in [0.05, 0.1) is 18.3 Å². The van der Waals surface area contributed by atoms with E-state index >= 15 is 0 Å². The summed E-state index contributed by atoms with van der Waals surface area (Å²) >= 11 is 0. The van der Waals surface area contributed by atoms with Gasteiger partial charge in [0, 0.05) is 6.54 Å². The van der Waals surface area contributed by atoms with Crippen molar-refractivity contribution in [2.75, 3.05) is 6.54 Å². The largest absolute Gasteiger partial charge is 0.331 e. The quantitative estimate of drug-likeness (QED) is 0.787. The van der Waals surface area contributed by atoms with Crippen molar-refractivity contribution in [3.63, 3.8) is 0 Å². The maximum Gasteiger partial charge on any atom is 0.318 e. The highest BCUT2D eigenvalue weighted by Crippen LogP contribution is 2.31. The van der Waals surface area contributed by atoms with Crippen LogP contribution in [0.3, 0.4) is 0 Å². The summed E-state index contributed by atoms with van der Waals surface area (Å²) in [4.78, 5) is 18.9. The van der Waals surface area contributed by atoms with E-state index in [1.807, 2.05) is 53.4 Å². The second kappa shape index (κ2) is 7.39. The topological polar surface area (TPSA) is 63.1 Å². The van der Waals surface area contributed by atoms with Crippen LogP contribution in [-0.2, 0) is 6.54 Å². The number of urea groups is 1. The summed E-state index contributed by atoms with van der Waals surface area (Å²) in [5.74, 6) is 0.708. The summed E-state index contributed by atoms with van der Waals surface area (Å²) in [6, 6.07) is 20.1. The van der Waals surface area contributed by atoms with Crippen LogP contribution < -0.4 is 5.32 Å². The van der Waals surface area contributed by atoms with E-state index < -0.39 is 0 Å². The van der Waals surface area contributed by atoms with E-state index in [-0.39, 0.29) is 12.1 Å². The Morgan fingerprint density at radius 2 is 1.81 bits per heavy atom. The Morgan fingerprint density at radius 3 is 2.58 bits per heavy atom. The Morgan fingerprint density at radius 1 is 1.08 bits per heavy atom. The molecule has 1 aromatic heterocycles. The molecular weight excluding hydrogens is 326 g/mol. The van der Waals surface area contributed by atoms with E-state index in [1.165, 1.54) is 11.9 Å². The van der Waals surface area contributed by atoms with E-state index in [1.54, 1.807) is 4.68 Å². The lowest BCUT2D eigenvalue weighted by Gasteiger charge is -2.25. The minimum absolute atomic E-state index is 0.0565. The summed E-state index contributed by atoms with van der Waals surface area (Å²) in [5.41, 5.74) is 2.12. The molecule has 0 radical (unpaired) electrons. The maximum atomic E-state index is 12.7. The lowest BCUT2D eigenvalue weighted by atomic mass is 10.1. The minimum atomic E-state index is -0.0565. The molecule has 0 aliphatic carbocycles. The number of rotatable bonds is 4. The third-order valence-electron chi connectivity index (χ3n) is 4.71. The molecule has 0 saturated carbocycles. The van der Waals surface area contributed by atoms with E-state index in [9.17, 15) is 4.79 Å². The predicted molar refractivity (Wildman–Crippen MR) is 98.7 cm³/mol. The van der Waals surface area contributed by atoms with Crippen LogP contribution in [0, 0.1) is 0 Å². The fourth-order valence-corrected chi connectivity index (χ4v) is 3.46. The van der Waals surface area contributed by atoms with Crippen molar-refractivity contribution in [3.8, 4) is 5.69 Å². The molecule has 0 spiro atoms. The molecular formula is C20H21N5O. The van der Waals surface area contributed by atoms with Gasteiger partial charge < -0.3 is 10.2 Å². The first kappa shape index (κ1) is 16.3. The van der Waals surface area contributed by atoms with Gasteiger partial charge in [0.15, 0.2) is 5.82 Å². The highest BCUT2D eigenvalue weighted by Gasteiger charge is 2.29. The van der Waals surface area contributed by atoms with Crippen LogP contribution in [0.1, 0.15) is 30.3 Å². The molecule has 132 valence electrons. The first-order chi connectivity index (χ1) is 12.8. The molecule has 2 aromatic carbocycles. The van der Waals surface area contributed by atoms with Crippen LogP contribution in [-0.4, -0.2) is 32.2 Å². The van der Waals surface area contributed by atoms with Crippen molar-refractivity contribution in [2.24, 2.45) is 0 Å². The van der Waals surface area contributed by atoms with Crippen LogP contribution in [0.5, 0.6) is 0 Å². The smallest absolute Gasteiger partial charge is 0.318 e. The highest BCUT2D eigenvalue weighted by atomic mass is 16.2. The van der Waals surface area contributed by atoms with Crippen molar-refractivity contribution < 1.29 is 4.79 Å². The normalized spacial score (nSPS) is 16.6. The fourth-order valence-electron chi connectivity index (χ4n) is 3.46. The molecule has 2 amide bonds. The van der Waals surface area contributed by atoms with Crippen LogP contribution in [0.4, 0.5) is 4.79 Å². The number of hydrogen-bond acceptors (Lipinski definition) is 3. The van der Waals surface area contributed by atoms with Crippen LogP contribution in [0.15, 0.2) is 67.0 Å². The number of amides is 2. The van der Waals surface area contributed by atoms with Gasteiger partial charge in [-0.25, -0.2) is 14.5 Å². The lowest BCUT2D eigenvalue weighted by molar-refractivity contribution is 0.192. The van der Waals surface area contributed by atoms with E-state index in [4.69, 9.17) is 0 Å². The Kier molecular flexibility index (Phi) is 4.64. The Bertz CT molecular complexity index is 862. The van der Waals surface area contributed by atoms with Crippen molar-refractivity contribution in [2.45, 2.75) is 25.4 Å². The van der Waals surface area contributed by atoms with E-state index in [0.29, 0.717) is 12.4 Å². The van der Waals surface area contributed by atoms with Gasteiger partial charge in [0.25, 0.3) is 0 Å². The SMILES string of the molecule is O=C(NCc1ncnn1-c1ccccc1)N1CCC[C@@H]1c1ccccc1. The second-order valence-corrected chi connectivity index (χ2v) is 6.34. The number of likely N-dealkylation sites (tertiary alicyclic amines) is 1. The number of benzene rings is 2. The molecule has 4 rings (SSSR count). The average molecular weight is 347 g/mol. The van der Waals surface area contributed by atoms with Crippen molar-refractivity contribution in [3.05, 3.63) is 78.4 Å². The fraction of sp³-hybridized carbons (Fsp3) is 0.250. The average Bonchev–Trinajstić information content (AvgIpc) is 3.37. The zero-order chi connectivity index (χ0) is 17.8. The van der Waals surface area contributed by atoms with Crippen molar-refractivity contribution >= 4 is 6.03 Å². The Hall–Kier alpha value is -3.15. The molecule has 26 heavy (non-hydrogen) atoms. The van der Waals surface area contributed by atoms with Gasteiger partial charge in [0.1, 0.15) is 6.33 Å². The standard InChI is InChI=1S/C20H21N5O/c26-20(24-13-7-12-18(24)16-8-3-1-4-9-16)21-14-19-22-15-23-25(19)17-10-5-2-6-11-17/h1-6,8-11,15,18H,7,12-14H2,(H,21,26)/t18-/m1/s1. The molecule has 1 saturated heterocycles. The van der Waals surface area contributed by atoms with Gasteiger partial charge in [-0.05, 0) is 30.5 Å². The monoisotopic (exact) mass is 347 g/mol. The molecule has 1 fully saturated rings. The first-order valence-corrected chi connectivity index (χ1v) is 8.86. The predicted octanol–water partition coefficient (Wildman–Crippen LogP) is 3.31. The Balaban J connectivity index is 1.44. The molecule has 0 unspecified atom stereocenters. The number of para-hydroxylation sites is 1. The zero-order valence-corrected chi connectivity index (χ0v) is 14.5. The summed E-state index contributed by atoms with van der Waals surface area (Å²) in [6.07, 6.45) is 3.53. The van der Waals surface area contributed by atoms with Gasteiger partial charge >= 0.3 is 6.03 Å². The van der Waals surface area contributed by atoms with Crippen LogP contribution >= 0.6 is 0 Å². The summed E-state index contributed by atoms with van der Waals surface area (Å²) in [7, 11) is 0. The summed E-state index contributed by atoms with van der Waals surface area (Å²) in [5, 5.41) is 7.27. The number of carbonyl (C=O) groups is 1. The zero-order valence-electron chi connectivity index (χ0n) is 14.5. The third-order valence-corrected chi connectivity index (χ3v) is 4.71. The van der Waals surface area contributed by atoms with Crippen molar-refractivity contribution in [1.29, 1.82) is 0 Å². The van der Waals surface area contributed by atoms with Crippen LogP contribution in [0.2, 0.25) is 0 Å². The second-order valence-electron chi connectivity index (χ2n) is 6.34. The molecule has 1 aliphatic heterocycles. The molecule has 1 N–H and O–H groups in total. The molecule has 2 heterocycles.